The van der Waals surface area contributed by atoms with Gasteiger partial charge in [0, 0.05) is 11.8 Å². The Bertz CT molecular complexity index is 962. The number of carbonyl (C=O) groups excluding carboxylic acids is 1. The maximum atomic E-state index is 12.6. The van der Waals surface area contributed by atoms with Crippen LogP contribution in [0.15, 0.2) is 65.6 Å². The van der Waals surface area contributed by atoms with Gasteiger partial charge in [0.15, 0.2) is 5.78 Å². The number of ketones is 1. The van der Waals surface area contributed by atoms with Crippen LogP contribution in [0.1, 0.15) is 15.9 Å². The summed E-state index contributed by atoms with van der Waals surface area (Å²) in [4.78, 5) is 27.8. The molecule has 3 aromatic rings. The Labute approximate surface area is 150 Å². The lowest BCUT2D eigenvalue weighted by atomic mass is 10.0. The highest BCUT2D eigenvalue weighted by Gasteiger charge is 2.19. The fourth-order valence-electron chi connectivity index (χ4n) is 2.45. The molecule has 0 fully saturated rings. The molecule has 26 heavy (non-hydrogen) atoms. The quantitative estimate of drug-likeness (QED) is 0.689. The van der Waals surface area contributed by atoms with Crippen molar-refractivity contribution in [2.45, 2.75) is 0 Å². The van der Waals surface area contributed by atoms with Gasteiger partial charge in [-0.05, 0) is 36.4 Å². The summed E-state index contributed by atoms with van der Waals surface area (Å²) in [7, 11) is 2.75. The van der Waals surface area contributed by atoms with E-state index in [-0.39, 0.29) is 17.2 Å². The average Bonchev–Trinajstić information content (AvgIpc) is 2.68. The number of aromatic amines is 1. The molecule has 0 aliphatic carbocycles. The zero-order valence-corrected chi connectivity index (χ0v) is 14.3. The van der Waals surface area contributed by atoms with E-state index in [0.717, 1.165) is 0 Å². The van der Waals surface area contributed by atoms with Crippen LogP contribution >= 0.6 is 0 Å². The molecule has 0 aliphatic heterocycles. The van der Waals surface area contributed by atoms with Gasteiger partial charge in [-0.15, -0.1) is 0 Å². The molecule has 6 heteroatoms. The lowest BCUT2D eigenvalue weighted by Gasteiger charge is -2.09. The summed E-state index contributed by atoms with van der Waals surface area (Å²) in [5.74, 6) is 0.999. The molecule has 0 spiro atoms. The summed E-state index contributed by atoms with van der Waals surface area (Å²) in [5, 5.41) is 0. The van der Waals surface area contributed by atoms with Crippen molar-refractivity contribution in [2.75, 3.05) is 14.2 Å². The number of benzene rings is 2. The minimum Gasteiger partial charge on any atom is -0.488 e. The second-order valence-corrected chi connectivity index (χ2v) is 5.37. The van der Waals surface area contributed by atoms with E-state index >= 15 is 0 Å². The molecule has 3 rings (SSSR count). The zero-order chi connectivity index (χ0) is 18.5. The second kappa shape index (κ2) is 7.57. The molecular formula is C20H17NO5. The SMILES string of the molecule is COc1[nH]cc(C(=O)c2ccc(Oc3ccccc3)cc2)c(=O)c1OC. The van der Waals surface area contributed by atoms with E-state index in [1.54, 1.807) is 24.3 Å². The monoisotopic (exact) mass is 351 g/mol. The van der Waals surface area contributed by atoms with Crippen molar-refractivity contribution in [1.82, 2.24) is 4.98 Å². The third-order valence-electron chi connectivity index (χ3n) is 3.75. The fourth-order valence-corrected chi connectivity index (χ4v) is 2.45. The van der Waals surface area contributed by atoms with E-state index in [4.69, 9.17) is 14.2 Å². The largest absolute Gasteiger partial charge is 0.488 e. The van der Waals surface area contributed by atoms with Gasteiger partial charge in [-0.2, -0.15) is 0 Å². The minimum absolute atomic E-state index is 0.0284. The molecule has 0 bridgehead atoms. The predicted octanol–water partition coefficient (Wildman–Crippen LogP) is 3.42. The van der Waals surface area contributed by atoms with E-state index in [1.165, 1.54) is 20.4 Å². The Morgan fingerprint density at radius 3 is 2.15 bits per heavy atom. The van der Waals surface area contributed by atoms with E-state index < -0.39 is 11.2 Å². The number of aromatic nitrogens is 1. The zero-order valence-electron chi connectivity index (χ0n) is 14.3. The van der Waals surface area contributed by atoms with Gasteiger partial charge in [0.05, 0.1) is 19.8 Å². The standard InChI is InChI=1S/C20H17NO5/c1-24-19-18(23)16(12-21-20(19)25-2)17(22)13-8-10-15(11-9-13)26-14-6-4-3-5-7-14/h3-12H,1-2H3,(H,21,23). The third kappa shape index (κ3) is 3.44. The van der Waals surface area contributed by atoms with Gasteiger partial charge in [-0.1, -0.05) is 18.2 Å². The van der Waals surface area contributed by atoms with Crippen molar-refractivity contribution in [3.63, 3.8) is 0 Å². The van der Waals surface area contributed by atoms with Gasteiger partial charge >= 0.3 is 0 Å². The van der Waals surface area contributed by atoms with Gasteiger partial charge in [-0.25, -0.2) is 0 Å². The van der Waals surface area contributed by atoms with Gasteiger partial charge in [-0.3, -0.25) is 9.59 Å². The van der Waals surface area contributed by atoms with Crippen LogP contribution in [0.4, 0.5) is 0 Å². The minimum atomic E-state index is -0.530. The van der Waals surface area contributed by atoms with E-state index in [9.17, 15) is 9.59 Å². The number of H-pyrrole nitrogens is 1. The highest BCUT2D eigenvalue weighted by atomic mass is 16.5. The van der Waals surface area contributed by atoms with Crippen molar-refractivity contribution >= 4 is 5.78 Å². The first kappa shape index (κ1) is 17.3. The first-order valence-electron chi connectivity index (χ1n) is 7.85. The van der Waals surface area contributed by atoms with E-state index in [0.29, 0.717) is 17.1 Å². The molecule has 0 saturated carbocycles. The van der Waals surface area contributed by atoms with Crippen LogP contribution in [0.5, 0.6) is 23.1 Å². The first-order valence-corrected chi connectivity index (χ1v) is 7.85. The summed E-state index contributed by atoms with van der Waals surface area (Å²) in [6.45, 7) is 0. The highest BCUT2D eigenvalue weighted by Crippen LogP contribution is 2.23. The number of rotatable bonds is 6. The first-order chi connectivity index (χ1) is 12.6. The predicted molar refractivity (Wildman–Crippen MR) is 96.6 cm³/mol. The molecule has 1 aromatic heterocycles. The second-order valence-electron chi connectivity index (χ2n) is 5.37. The van der Waals surface area contributed by atoms with Crippen LogP contribution < -0.4 is 19.6 Å². The average molecular weight is 351 g/mol. The number of carbonyl (C=O) groups is 1. The molecule has 0 radical (unpaired) electrons. The highest BCUT2D eigenvalue weighted by molar-refractivity contribution is 6.09. The molecule has 0 amide bonds. The van der Waals surface area contributed by atoms with Crippen LogP contribution in [-0.2, 0) is 0 Å². The third-order valence-corrected chi connectivity index (χ3v) is 3.75. The summed E-state index contributed by atoms with van der Waals surface area (Å²) in [5.41, 5.74) is -0.194. The number of hydrogen-bond acceptors (Lipinski definition) is 5. The number of nitrogens with one attached hydrogen (secondary N) is 1. The lowest BCUT2D eigenvalue weighted by molar-refractivity contribution is 0.103. The Morgan fingerprint density at radius 2 is 1.54 bits per heavy atom. The van der Waals surface area contributed by atoms with Crippen molar-refractivity contribution in [1.29, 1.82) is 0 Å². The van der Waals surface area contributed by atoms with E-state index in [2.05, 4.69) is 4.98 Å². The molecular weight excluding hydrogens is 334 g/mol. The summed E-state index contributed by atoms with van der Waals surface area (Å²) in [6, 6.07) is 15.9. The summed E-state index contributed by atoms with van der Waals surface area (Å²) in [6.07, 6.45) is 1.32. The normalized spacial score (nSPS) is 10.2. The number of methoxy groups -OCH3 is 2. The molecule has 2 aromatic carbocycles. The van der Waals surface area contributed by atoms with Crippen LogP contribution in [-0.4, -0.2) is 25.0 Å². The van der Waals surface area contributed by atoms with Crippen LogP contribution in [0.25, 0.3) is 0 Å². The molecule has 1 N–H and O–H groups in total. The maximum Gasteiger partial charge on any atom is 0.238 e. The van der Waals surface area contributed by atoms with E-state index in [1.807, 2.05) is 30.3 Å². The van der Waals surface area contributed by atoms with Crippen molar-refractivity contribution in [2.24, 2.45) is 0 Å². The Morgan fingerprint density at radius 1 is 0.885 bits per heavy atom. The van der Waals surface area contributed by atoms with Crippen molar-refractivity contribution in [3.8, 4) is 23.1 Å². The number of ether oxygens (including phenoxy) is 3. The molecule has 0 unspecified atom stereocenters. The van der Waals surface area contributed by atoms with Gasteiger partial charge in [0.2, 0.25) is 17.1 Å². The van der Waals surface area contributed by atoms with Gasteiger partial charge in [0.1, 0.15) is 11.5 Å². The summed E-state index contributed by atoms with van der Waals surface area (Å²) < 4.78 is 15.8. The van der Waals surface area contributed by atoms with Gasteiger partial charge in [0.25, 0.3) is 0 Å². The summed E-state index contributed by atoms with van der Waals surface area (Å²) >= 11 is 0. The van der Waals surface area contributed by atoms with Crippen LogP contribution in [0, 0.1) is 0 Å². The molecule has 1 heterocycles. The Balaban J connectivity index is 1.86. The number of hydrogen-bond donors (Lipinski definition) is 1. The van der Waals surface area contributed by atoms with Gasteiger partial charge < -0.3 is 19.2 Å². The van der Waals surface area contributed by atoms with Crippen molar-refractivity contribution in [3.05, 3.63) is 82.1 Å². The molecule has 132 valence electrons. The number of para-hydroxylation sites is 1. The number of pyridine rings is 1. The van der Waals surface area contributed by atoms with Crippen molar-refractivity contribution < 1.29 is 19.0 Å². The lowest BCUT2D eigenvalue weighted by Crippen LogP contribution is -2.18. The Hall–Kier alpha value is -3.54. The smallest absolute Gasteiger partial charge is 0.238 e. The maximum absolute atomic E-state index is 12.6. The van der Waals surface area contributed by atoms with Crippen LogP contribution in [0.3, 0.4) is 0 Å². The fraction of sp³-hybridized carbons (Fsp3) is 0.100. The molecule has 0 saturated heterocycles. The Kier molecular flexibility index (Phi) is 5.03. The molecule has 0 aliphatic rings. The topological polar surface area (TPSA) is 77.6 Å². The van der Waals surface area contributed by atoms with Crippen LogP contribution in [0.2, 0.25) is 0 Å². The molecule has 6 nitrogen and oxygen atoms in total. The molecule has 0 atom stereocenters.